The molecule has 68 valence electrons. The molecule has 0 aliphatic heterocycles. The molecule has 0 aliphatic rings. The molecule has 0 radical (unpaired) electrons. The minimum Gasteiger partial charge on any atom is -0.411 e. The van der Waals surface area contributed by atoms with Crippen LogP contribution in [-0.2, 0) is 12.6 Å². The predicted molar refractivity (Wildman–Crippen MR) is 51.1 cm³/mol. The molecule has 0 rings (SSSR count). The van der Waals surface area contributed by atoms with Crippen LogP contribution in [0, 0.1) is 0 Å². The van der Waals surface area contributed by atoms with Gasteiger partial charge in [0.1, 0.15) is 12.5 Å². The maximum absolute atomic E-state index is 8.96. The highest BCUT2D eigenvalue weighted by Gasteiger charge is 2.11. The lowest BCUT2D eigenvalue weighted by Gasteiger charge is -2.33. The van der Waals surface area contributed by atoms with Gasteiger partial charge in [-0.05, 0) is 13.8 Å². The molecule has 2 atom stereocenters. The molecular formula is C5H14N2O2S2. The minimum atomic E-state index is -0.829. The Kier molecular flexibility index (Phi) is 6.93. The second kappa shape index (κ2) is 5.62. The quantitative estimate of drug-likeness (QED) is 0.335. The molecule has 6 N–H and O–H groups in total. The van der Waals surface area contributed by atoms with Crippen LogP contribution < -0.4 is 6.15 Å². The summed E-state index contributed by atoms with van der Waals surface area (Å²) in [5.41, 5.74) is 0. The largest absolute Gasteiger partial charge is 0.411 e. The first-order chi connectivity index (χ1) is 4.46. The SMILES string of the molecule is CC(O)N(C(=S)[S-])C(C)O.[NH4+]. The van der Waals surface area contributed by atoms with Gasteiger partial charge < -0.3 is 46.1 Å². The summed E-state index contributed by atoms with van der Waals surface area (Å²) >= 11 is 9.18. The Hall–Kier alpha value is -0.0100. The lowest BCUT2D eigenvalue weighted by molar-refractivity contribution is -0.0310. The summed E-state index contributed by atoms with van der Waals surface area (Å²) in [4.78, 5) is 1.16. The fourth-order valence-electron chi connectivity index (χ4n) is 0.617. The van der Waals surface area contributed by atoms with Gasteiger partial charge in [-0.2, -0.15) is 0 Å². The average Bonchev–Trinajstić information content (AvgIpc) is 1.59. The molecule has 0 spiro atoms. The van der Waals surface area contributed by atoms with Crippen LogP contribution in [0.4, 0.5) is 0 Å². The van der Waals surface area contributed by atoms with Crippen molar-refractivity contribution < 1.29 is 10.2 Å². The van der Waals surface area contributed by atoms with Crippen molar-refractivity contribution in [1.29, 1.82) is 0 Å². The number of thiocarbonyl (C=S) groups is 1. The molecule has 0 heterocycles. The standard InChI is InChI=1S/C5H11NO2S2.H3N/c1-3(7)6(4(2)8)5(9)10;/h3-4,7-8H,1-2H3,(H,9,10);1H3. The van der Waals surface area contributed by atoms with E-state index in [2.05, 4.69) is 24.8 Å². The van der Waals surface area contributed by atoms with Gasteiger partial charge in [-0.3, -0.25) is 0 Å². The van der Waals surface area contributed by atoms with Crippen molar-refractivity contribution in [2.45, 2.75) is 26.3 Å². The third kappa shape index (κ3) is 4.44. The van der Waals surface area contributed by atoms with Gasteiger partial charge in [-0.25, -0.2) is 0 Å². The average molecular weight is 198 g/mol. The van der Waals surface area contributed by atoms with Gasteiger partial charge in [-0.1, -0.05) is 4.32 Å². The second-order valence-electron chi connectivity index (χ2n) is 1.94. The van der Waals surface area contributed by atoms with E-state index in [9.17, 15) is 0 Å². The Morgan fingerprint density at radius 2 is 1.64 bits per heavy atom. The molecule has 0 fully saturated rings. The summed E-state index contributed by atoms with van der Waals surface area (Å²) in [5.74, 6) is 0. The number of quaternary nitrogens is 1. The monoisotopic (exact) mass is 198 g/mol. The Morgan fingerprint density at radius 1 is 1.36 bits per heavy atom. The van der Waals surface area contributed by atoms with Gasteiger partial charge in [0.05, 0.1) is 0 Å². The van der Waals surface area contributed by atoms with Crippen molar-refractivity contribution >= 4 is 29.2 Å². The van der Waals surface area contributed by atoms with E-state index in [0.717, 1.165) is 4.90 Å². The van der Waals surface area contributed by atoms with E-state index >= 15 is 0 Å². The Morgan fingerprint density at radius 3 is 1.64 bits per heavy atom. The summed E-state index contributed by atoms with van der Waals surface area (Å²) in [6, 6.07) is 0. The minimum absolute atomic E-state index is 0. The number of aliphatic hydroxyl groups excluding tert-OH is 2. The number of hydrogen-bond donors (Lipinski definition) is 3. The predicted octanol–water partition coefficient (Wildman–Crippen LogP) is 0.173. The highest BCUT2D eigenvalue weighted by Crippen LogP contribution is 2.01. The van der Waals surface area contributed by atoms with Crippen molar-refractivity contribution in [2.75, 3.05) is 0 Å². The lowest BCUT2D eigenvalue weighted by Crippen LogP contribution is -2.42. The van der Waals surface area contributed by atoms with Gasteiger partial charge in [0, 0.05) is 0 Å². The molecule has 2 unspecified atom stereocenters. The van der Waals surface area contributed by atoms with E-state index in [1.165, 1.54) is 13.8 Å². The third-order valence-electron chi connectivity index (χ3n) is 1.02. The molecular weight excluding hydrogens is 184 g/mol. The topological polar surface area (TPSA) is 80.2 Å². The Bertz CT molecular complexity index is 122. The number of rotatable bonds is 2. The molecule has 4 nitrogen and oxygen atoms in total. The van der Waals surface area contributed by atoms with Crippen LogP contribution in [0.2, 0.25) is 0 Å². The molecule has 0 aromatic carbocycles. The van der Waals surface area contributed by atoms with Gasteiger partial charge in [0.2, 0.25) is 0 Å². The van der Waals surface area contributed by atoms with Crippen molar-refractivity contribution in [3.63, 3.8) is 0 Å². The Balaban J connectivity index is 0. The summed E-state index contributed by atoms with van der Waals surface area (Å²) in [5, 5.41) is 17.9. The highest BCUT2D eigenvalue weighted by atomic mass is 32.1. The molecule has 0 saturated heterocycles. The van der Waals surface area contributed by atoms with Crippen LogP contribution in [-0.4, -0.2) is 31.9 Å². The zero-order valence-corrected chi connectivity index (χ0v) is 8.45. The van der Waals surface area contributed by atoms with E-state index in [1.54, 1.807) is 0 Å². The van der Waals surface area contributed by atoms with Crippen LogP contribution in [0.1, 0.15) is 13.8 Å². The van der Waals surface area contributed by atoms with Gasteiger partial charge in [0.15, 0.2) is 0 Å². The van der Waals surface area contributed by atoms with Gasteiger partial charge >= 0.3 is 0 Å². The van der Waals surface area contributed by atoms with Crippen LogP contribution in [0.25, 0.3) is 0 Å². The zero-order valence-electron chi connectivity index (χ0n) is 6.81. The zero-order chi connectivity index (χ0) is 8.31. The number of nitrogens with zero attached hydrogens (tertiary/aromatic N) is 1. The highest BCUT2D eigenvalue weighted by molar-refractivity contribution is 8.00. The summed E-state index contributed by atoms with van der Waals surface area (Å²) in [7, 11) is 0. The van der Waals surface area contributed by atoms with Crippen LogP contribution in [0.15, 0.2) is 0 Å². The first kappa shape index (κ1) is 13.6. The van der Waals surface area contributed by atoms with E-state index < -0.39 is 12.5 Å². The number of hydrogen-bond acceptors (Lipinski definition) is 4. The second-order valence-corrected chi connectivity index (χ2v) is 2.97. The Labute approximate surface area is 77.2 Å². The maximum Gasteiger partial charge on any atom is 0.124 e. The first-order valence-electron chi connectivity index (χ1n) is 2.82. The smallest absolute Gasteiger partial charge is 0.124 e. The third-order valence-corrected chi connectivity index (χ3v) is 1.44. The van der Waals surface area contributed by atoms with Crippen LogP contribution in [0.3, 0.4) is 0 Å². The molecule has 0 saturated carbocycles. The first-order valence-corrected chi connectivity index (χ1v) is 3.64. The van der Waals surface area contributed by atoms with Crippen LogP contribution >= 0.6 is 12.2 Å². The van der Waals surface area contributed by atoms with E-state index in [4.69, 9.17) is 10.2 Å². The van der Waals surface area contributed by atoms with Crippen molar-refractivity contribution in [3.05, 3.63) is 0 Å². The molecule has 6 heteroatoms. The van der Waals surface area contributed by atoms with Gasteiger partial charge in [0.25, 0.3) is 0 Å². The maximum atomic E-state index is 8.96. The van der Waals surface area contributed by atoms with Gasteiger partial charge in [-0.15, -0.1) is 0 Å². The fourth-order valence-corrected chi connectivity index (χ4v) is 1.23. The van der Waals surface area contributed by atoms with Crippen molar-refractivity contribution in [3.8, 4) is 0 Å². The molecule has 0 aromatic rings. The lowest BCUT2D eigenvalue weighted by atomic mass is 10.5. The fraction of sp³-hybridized carbons (Fsp3) is 0.800. The normalized spacial score (nSPS) is 14.5. The van der Waals surface area contributed by atoms with E-state index in [1.807, 2.05) is 0 Å². The summed E-state index contributed by atoms with van der Waals surface area (Å²) in [6.07, 6.45) is -1.66. The van der Waals surface area contributed by atoms with E-state index in [0.29, 0.717) is 0 Å². The molecule has 0 aliphatic carbocycles. The molecule has 0 aromatic heterocycles. The summed E-state index contributed by atoms with van der Waals surface area (Å²) < 4.78 is 0.0741. The van der Waals surface area contributed by atoms with E-state index in [-0.39, 0.29) is 10.5 Å². The van der Waals surface area contributed by atoms with Crippen LogP contribution in [0.5, 0.6) is 0 Å². The molecule has 11 heavy (non-hydrogen) atoms. The molecule has 0 bridgehead atoms. The van der Waals surface area contributed by atoms with Crippen molar-refractivity contribution in [2.24, 2.45) is 0 Å². The summed E-state index contributed by atoms with van der Waals surface area (Å²) in [6.45, 7) is 2.98. The number of aliphatic hydroxyl groups is 2. The van der Waals surface area contributed by atoms with Crippen molar-refractivity contribution in [1.82, 2.24) is 11.1 Å². The molecule has 0 amide bonds.